The quantitative estimate of drug-likeness (QED) is 0.762. The number of benzene rings is 1. The first-order chi connectivity index (χ1) is 6.19. The van der Waals surface area contributed by atoms with Gasteiger partial charge in [-0.15, -0.1) is 0 Å². The molecule has 0 radical (unpaired) electrons. The van der Waals surface area contributed by atoms with Crippen molar-refractivity contribution in [1.29, 1.82) is 0 Å². The fraction of sp³-hybridized carbons (Fsp3) is 0.333. The molecule has 2 N–H and O–H groups in total. The molecule has 0 heterocycles. The van der Waals surface area contributed by atoms with Crippen molar-refractivity contribution < 1.29 is 9.57 Å². The van der Waals surface area contributed by atoms with Gasteiger partial charge in [0.05, 0.1) is 13.7 Å². The molecule has 0 fully saturated rings. The standard InChI is InChI=1S/C9H12ClNO2/c1-6-7(5-13-11)3-8(12-2)4-9(6)10/h3-4H,5,11H2,1-2H3. The SMILES string of the molecule is COc1cc(Cl)c(C)c(CON)c1. The van der Waals surface area contributed by atoms with Gasteiger partial charge < -0.3 is 4.74 Å². The molecular weight excluding hydrogens is 190 g/mol. The minimum Gasteiger partial charge on any atom is -0.497 e. The molecule has 1 aromatic carbocycles. The van der Waals surface area contributed by atoms with Crippen LogP contribution in [0, 0.1) is 6.92 Å². The summed E-state index contributed by atoms with van der Waals surface area (Å²) in [7, 11) is 1.59. The topological polar surface area (TPSA) is 44.5 Å². The fourth-order valence-corrected chi connectivity index (χ4v) is 1.29. The van der Waals surface area contributed by atoms with Gasteiger partial charge in [-0.25, -0.2) is 5.90 Å². The third-order valence-electron chi connectivity index (χ3n) is 1.90. The normalized spacial score (nSPS) is 10.2. The average molecular weight is 202 g/mol. The van der Waals surface area contributed by atoms with Crippen LogP contribution in [0.1, 0.15) is 11.1 Å². The summed E-state index contributed by atoms with van der Waals surface area (Å²) in [5.74, 6) is 5.70. The second-order valence-electron chi connectivity index (χ2n) is 2.70. The Bertz CT molecular complexity index is 302. The molecule has 0 bridgehead atoms. The third-order valence-corrected chi connectivity index (χ3v) is 2.29. The fourth-order valence-electron chi connectivity index (χ4n) is 1.07. The van der Waals surface area contributed by atoms with Crippen molar-refractivity contribution in [2.24, 2.45) is 5.90 Å². The highest BCUT2D eigenvalue weighted by molar-refractivity contribution is 6.31. The van der Waals surface area contributed by atoms with Crippen LogP contribution >= 0.6 is 11.6 Å². The summed E-state index contributed by atoms with van der Waals surface area (Å²) < 4.78 is 5.06. The highest BCUT2D eigenvalue weighted by atomic mass is 35.5. The third kappa shape index (κ3) is 2.34. The lowest BCUT2D eigenvalue weighted by Gasteiger charge is -2.08. The van der Waals surface area contributed by atoms with Crippen molar-refractivity contribution in [3.63, 3.8) is 0 Å². The Morgan fingerprint density at radius 1 is 1.46 bits per heavy atom. The molecule has 3 nitrogen and oxygen atoms in total. The van der Waals surface area contributed by atoms with Gasteiger partial charge in [0.15, 0.2) is 0 Å². The Balaban J connectivity index is 3.09. The zero-order valence-electron chi connectivity index (χ0n) is 7.63. The number of hydrogen-bond donors (Lipinski definition) is 1. The highest BCUT2D eigenvalue weighted by Gasteiger charge is 2.05. The molecule has 13 heavy (non-hydrogen) atoms. The largest absolute Gasteiger partial charge is 0.497 e. The van der Waals surface area contributed by atoms with Gasteiger partial charge in [-0.05, 0) is 30.2 Å². The molecule has 0 saturated carbocycles. The maximum absolute atomic E-state index is 5.96. The maximum atomic E-state index is 5.96. The zero-order chi connectivity index (χ0) is 9.84. The van der Waals surface area contributed by atoms with Gasteiger partial charge in [0, 0.05) is 5.02 Å². The number of ether oxygens (including phenoxy) is 1. The zero-order valence-corrected chi connectivity index (χ0v) is 8.39. The highest BCUT2D eigenvalue weighted by Crippen LogP contribution is 2.26. The van der Waals surface area contributed by atoms with Gasteiger partial charge in [-0.3, -0.25) is 4.84 Å². The van der Waals surface area contributed by atoms with E-state index in [1.54, 1.807) is 13.2 Å². The number of hydrogen-bond acceptors (Lipinski definition) is 3. The Kier molecular flexibility index (Phi) is 3.54. The molecule has 0 aliphatic heterocycles. The van der Waals surface area contributed by atoms with Gasteiger partial charge in [0.1, 0.15) is 5.75 Å². The molecule has 1 aromatic rings. The van der Waals surface area contributed by atoms with E-state index in [-0.39, 0.29) is 0 Å². The van der Waals surface area contributed by atoms with E-state index in [1.807, 2.05) is 13.0 Å². The molecule has 0 spiro atoms. The van der Waals surface area contributed by atoms with Crippen molar-refractivity contribution in [2.45, 2.75) is 13.5 Å². The van der Waals surface area contributed by atoms with E-state index in [0.29, 0.717) is 17.4 Å². The summed E-state index contributed by atoms with van der Waals surface area (Å²) in [6.07, 6.45) is 0. The Hall–Kier alpha value is -0.770. The Morgan fingerprint density at radius 3 is 2.69 bits per heavy atom. The van der Waals surface area contributed by atoms with Gasteiger partial charge in [0.2, 0.25) is 0 Å². The van der Waals surface area contributed by atoms with Crippen molar-refractivity contribution >= 4 is 11.6 Å². The Labute approximate surface area is 82.4 Å². The van der Waals surface area contributed by atoms with Gasteiger partial charge in [-0.2, -0.15) is 0 Å². The maximum Gasteiger partial charge on any atom is 0.120 e. The van der Waals surface area contributed by atoms with Crippen LogP contribution in [0.15, 0.2) is 12.1 Å². The second kappa shape index (κ2) is 4.46. The van der Waals surface area contributed by atoms with Crippen LogP contribution in [0.25, 0.3) is 0 Å². The number of methoxy groups -OCH3 is 1. The predicted molar refractivity (Wildman–Crippen MR) is 51.7 cm³/mol. The first-order valence-electron chi connectivity index (χ1n) is 3.83. The Morgan fingerprint density at radius 2 is 2.15 bits per heavy atom. The van der Waals surface area contributed by atoms with Crippen LogP contribution in [-0.2, 0) is 11.4 Å². The molecule has 0 unspecified atom stereocenters. The van der Waals surface area contributed by atoms with E-state index >= 15 is 0 Å². The van der Waals surface area contributed by atoms with Crippen LogP contribution in [-0.4, -0.2) is 7.11 Å². The molecule has 72 valence electrons. The minimum absolute atomic E-state index is 0.336. The number of rotatable bonds is 3. The van der Waals surface area contributed by atoms with Crippen LogP contribution in [0.3, 0.4) is 0 Å². The summed E-state index contributed by atoms with van der Waals surface area (Å²) in [6, 6.07) is 3.62. The molecule has 0 aromatic heterocycles. The smallest absolute Gasteiger partial charge is 0.120 e. The lowest BCUT2D eigenvalue weighted by Crippen LogP contribution is -2.01. The van der Waals surface area contributed by atoms with E-state index in [0.717, 1.165) is 11.1 Å². The summed E-state index contributed by atoms with van der Waals surface area (Å²) in [4.78, 5) is 4.55. The average Bonchev–Trinajstić information content (AvgIpc) is 2.13. The van der Waals surface area contributed by atoms with E-state index in [1.165, 1.54) is 0 Å². The van der Waals surface area contributed by atoms with E-state index in [2.05, 4.69) is 4.84 Å². The lowest BCUT2D eigenvalue weighted by atomic mass is 10.1. The van der Waals surface area contributed by atoms with Gasteiger partial charge in [0.25, 0.3) is 0 Å². The van der Waals surface area contributed by atoms with Crippen LogP contribution in [0.5, 0.6) is 5.75 Å². The van der Waals surface area contributed by atoms with E-state index in [9.17, 15) is 0 Å². The van der Waals surface area contributed by atoms with Crippen molar-refractivity contribution in [3.8, 4) is 5.75 Å². The van der Waals surface area contributed by atoms with Crippen LogP contribution in [0.4, 0.5) is 0 Å². The molecule has 4 heteroatoms. The second-order valence-corrected chi connectivity index (χ2v) is 3.11. The number of nitrogens with two attached hydrogens (primary N) is 1. The van der Waals surface area contributed by atoms with E-state index in [4.69, 9.17) is 22.2 Å². The molecule has 0 aliphatic rings. The van der Waals surface area contributed by atoms with Crippen molar-refractivity contribution in [3.05, 3.63) is 28.3 Å². The summed E-state index contributed by atoms with van der Waals surface area (Å²) in [5.41, 5.74) is 1.90. The summed E-state index contributed by atoms with van der Waals surface area (Å²) in [5, 5.41) is 0.659. The molecule has 1 rings (SSSR count). The van der Waals surface area contributed by atoms with Gasteiger partial charge >= 0.3 is 0 Å². The molecule has 0 aliphatic carbocycles. The van der Waals surface area contributed by atoms with Gasteiger partial charge in [-0.1, -0.05) is 11.6 Å². The van der Waals surface area contributed by atoms with Crippen molar-refractivity contribution in [2.75, 3.05) is 7.11 Å². The van der Waals surface area contributed by atoms with Crippen LogP contribution < -0.4 is 10.6 Å². The minimum atomic E-state index is 0.336. The molecule has 0 saturated heterocycles. The predicted octanol–water partition coefficient (Wildman–Crippen LogP) is 2.05. The number of halogens is 1. The summed E-state index contributed by atoms with van der Waals surface area (Å²) >= 11 is 5.96. The molecule has 0 amide bonds. The van der Waals surface area contributed by atoms with E-state index < -0.39 is 0 Å². The first-order valence-corrected chi connectivity index (χ1v) is 4.21. The molecular formula is C9H12ClNO2. The summed E-state index contributed by atoms with van der Waals surface area (Å²) in [6.45, 7) is 2.25. The van der Waals surface area contributed by atoms with Crippen molar-refractivity contribution in [1.82, 2.24) is 0 Å². The van der Waals surface area contributed by atoms with Crippen LogP contribution in [0.2, 0.25) is 5.02 Å². The first kappa shape index (κ1) is 10.3. The molecule has 0 atom stereocenters. The monoisotopic (exact) mass is 201 g/mol. The lowest BCUT2D eigenvalue weighted by molar-refractivity contribution is 0.123.